The average molecular weight is 446 g/mol. The number of hydrogen-bond donors (Lipinski definition) is 2. The Bertz CT molecular complexity index is 979. The van der Waals surface area contributed by atoms with Crippen LogP contribution in [-0.2, 0) is 21.4 Å². The summed E-state index contributed by atoms with van der Waals surface area (Å²) in [5.41, 5.74) is 5.72. The van der Waals surface area contributed by atoms with E-state index in [9.17, 15) is 4.57 Å². The van der Waals surface area contributed by atoms with E-state index in [1.807, 2.05) is 6.07 Å². The SMILES string of the molecule is Cc1ccc(-c2nnc(SCc3ccc(CNCCCO[P+](=O)O)cc3)o2)cc1C. The molecule has 0 aliphatic carbocycles. The molecule has 0 bridgehead atoms. The number of nitrogens with zero attached hydrogens (tertiary/aromatic N) is 2. The first-order valence-corrected chi connectivity index (χ1v) is 11.7. The van der Waals surface area contributed by atoms with Crippen LogP contribution < -0.4 is 5.32 Å². The number of aromatic nitrogens is 2. The highest BCUT2D eigenvalue weighted by Gasteiger charge is 2.11. The minimum absolute atomic E-state index is 0.274. The molecule has 9 heteroatoms. The highest BCUT2D eigenvalue weighted by atomic mass is 32.2. The van der Waals surface area contributed by atoms with Crippen LogP contribution in [-0.4, -0.2) is 28.2 Å². The van der Waals surface area contributed by atoms with E-state index in [-0.39, 0.29) is 6.61 Å². The molecule has 0 saturated carbocycles. The molecule has 1 unspecified atom stereocenters. The summed E-state index contributed by atoms with van der Waals surface area (Å²) in [7, 11) is -2.50. The van der Waals surface area contributed by atoms with Crippen molar-refractivity contribution >= 4 is 20.0 Å². The second-order valence-electron chi connectivity index (χ2n) is 6.88. The Morgan fingerprint density at radius 1 is 1.10 bits per heavy atom. The number of thioether (sulfide) groups is 1. The smallest absolute Gasteiger partial charge is 0.411 e. The van der Waals surface area contributed by atoms with Gasteiger partial charge in [0.2, 0.25) is 5.89 Å². The topological polar surface area (TPSA) is 97.5 Å². The monoisotopic (exact) mass is 446 g/mol. The van der Waals surface area contributed by atoms with Crippen LogP contribution in [0.3, 0.4) is 0 Å². The molecule has 0 radical (unpaired) electrons. The molecule has 7 nitrogen and oxygen atoms in total. The quantitative estimate of drug-likeness (QED) is 0.246. The van der Waals surface area contributed by atoms with E-state index in [0.717, 1.165) is 24.4 Å². The van der Waals surface area contributed by atoms with Gasteiger partial charge in [-0.3, -0.25) is 0 Å². The van der Waals surface area contributed by atoms with Crippen LogP contribution in [0.5, 0.6) is 0 Å². The summed E-state index contributed by atoms with van der Waals surface area (Å²) < 4.78 is 20.8. The Morgan fingerprint density at radius 3 is 2.60 bits per heavy atom. The van der Waals surface area contributed by atoms with Crippen LogP contribution in [0.1, 0.15) is 28.7 Å². The third-order valence-corrected chi connectivity index (χ3v) is 5.87. The number of benzene rings is 2. The van der Waals surface area contributed by atoms with E-state index in [2.05, 4.69) is 70.3 Å². The summed E-state index contributed by atoms with van der Waals surface area (Å²) in [5, 5.41) is 12.1. The minimum Gasteiger partial charge on any atom is -0.411 e. The molecule has 3 rings (SSSR count). The molecule has 158 valence electrons. The van der Waals surface area contributed by atoms with Gasteiger partial charge in [0.15, 0.2) is 0 Å². The predicted molar refractivity (Wildman–Crippen MR) is 117 cm³/mol. The third-order valence-electron chi connectivity index (χ3n) is 4.57. The van der Waals surface area contributed by atoms with Crippen LogP contribution in [0.25, 0.3) is 11.5 Å². The van der Waals surface area contributed by atoms with Gasteiger partial charge >= 0.3 is 8.25 Å². The molecule has 2 aromatic carbocycles. The van der Waals surface area contributed by atoms with Crippen LogP contribution in [0.4, 0.5) is 0 Å². The molecule has 30 heavy (non-hydrogen) atoms. The van der Waals surface area contributed by atoms with Gasteiger partial charge in [0, 0.05) is 22.4 Å². The van der Waals surface area contributed by atoms with Gasteiger partial charge < -0.3 is 9.73 Å². The summed E-state index contributed by atoms with van der Waals surface area (Å²) in [6.45, 7) is 5.88. The lowest BCUT2D eigenvalue weighted by molar-refractivity contribution is 0.276. The van der Waals surface area contributed by atoms with Crippen molar-refractivity contribution in [2.24, 2.45) is 0 Å². The van der Waals surface area contributed by atoms with Gasteiger partial charge in [-0.15, -0.1) is 19.6 Å². The molecule has 1 aromatic heterocycles. The fourth-order valence-corrected chi connectivity index (χ4v) is 3.73. The summed E-state index contributed by atoms with van der Waals surface area (Å²) in [4.78, 5) is 8.55. The number of rotatable bonds is 11. The molecule has 0 fully saturated rings. The van der Waals surface area contributed by atoms with E-state index in [1.54, 1.807) is 0 Å². The Morgan fingerprint density at radius 2 is 1.87 bits per heavy atom. The van der Waals surface area contributed by atoms with Crippen LogP contribution in [0.2, 0.25) is 0 Å². The van der Waals surface area contributed by atoms with Crippen molar-refractivity contribution in [1.29, 1.82) is 0 Å². The van der Waals surface area contributed by atoms with E-state index in [0.29, 0.717) is 17.5 Å². The van der Waals surface area contributed by atoms with E-state index in [4.69, 9.17) is 9.31 Å². The summed E-state index contributed by atoms with van der Waals surface area (Å²) in [6, 6.07) is 14.5. The molecule has 0 spiro atoms. The number of aryl methyl sites for hydroxylation is 2. The molecule has 0 aliphatic heterocycles. The fourth-order valence-electron chi connectivity index (χ4n) is 2.73. The van der Waals surface area contributed by atoms with Crippen molar-refractivity contribution in [2.75, 3.05) is 13.2 Å². The zero-order valence-corrected chi connectivity index (χ0v) is 18.7. The van der Waals surface area contributed by atoms with Crippen molar-refractivity contribution in [3.05, 3.63) is 64.7 Å². The van der Waals surface area contributed by atoms with Crippen molar-refractivity contribution in [1.82, 2.24) is 15.5 Å². The van der Waals surface area contributed by atoms with Crippen LogP contribution >= 0.6 is 20.0 Å². The molecule has 0 amide bonds. The van der Waals surface area contributed by atoms with Crippen LogP contribution in [0, 0.1) is 13.8 Å². The maximum Gasteiger partial charge on any atom is 0.694 e. The molecular formula is C21H25N3O4PS+. The van der Waals surface area contributed by atoms with E-state index < -0.39 is 8.25 Å². The van der Waals surface area contributed by atoms with Gasteiger partial charge in [-0.25, -0.2) is 0 Å². The second kappa shape index (κ2) is 11.3. The van der Waals surface area contributed by atoms with Crippen molar-refractivity contribution in [3.63, 3.8) is 0 Å². The number of hydrogen-bond acceptors (Lipinski definition) is 7. The highest BCUT2D eigenvalue weighted by Crippen LogP contribution is 2.27. The lowest BCUT2D eigenvalue weighted by atomic mass is 10.1. The minimum atomic E-state index is -2.50. The average Bonchev–Trinajstić information content (AvgIpc) is 3.21. The molecule has 3 aromatic rings. The normalized spacial score (nSPS) is 11.6. The maximum absolute atomic E-state index is 10.4. The first-order chi connectivity index (χ1) is 14.5. The fraction of sp³-hybridized carbons (Fsp3) is 0.333. The first-order valence-electron chi connectivity index (χ1n) is 9.63. The molecule has 0 aliphatic rings. The Kier molecular flexibility index (Phi) is 8.54. The lowest BCUT2D eigenvalue weighted by Crippen LogP contribution is -2.15. The zero-order chi connectivity index (χ0) is 21.3. The second-order valence-corrected chi connectivity index (χ2v) is 8.54. The zero-order valence-electron chi connectivity index (χ0n) is 17.0. The molecule has 0 saturated heterocycles. The summed E-state index contributed by atoms with van der Waals surface area (Å²) in [5.74, 6) is 1.29. The van der Waals surface area contributed by atoms with Crippen molar-refractivity contribution in [3.8, 4) is 11.5 Å². The largest absolute Gasteiger partial charge is 0.694 e. The van der Waals surface area contributed by atoms with Gasteiger partial charge in [0.25, 0.3) is 5.22 Å². The molecule has 1 atom stereocenters. The maximum atomic E-state index is 10.4. The first kappa shape index (κ1) is 22.6. The van der Waals surface area contributed by atoms with Gasteiger partial charge in [-0.2, -0.15) is 0 Å². The Hall–Kier alpha value is -2.09. The lowest BCUT2D eigenvalue weighted by Gasteiger charge is -2.05. The number of nitrogens with one attached hydrogen (secondary N) is 1. The summed E-state index contributed by atoms with van der Waals surface area (Å²) >= 11 is 1.52. The van der Waals surface area contributed by atoms with Crippen LogP contribution in [0.15, 0.2) is 52.1 Å². The van der Waals surface area contributed by atoms with Gasteiger partial charge in [0.05, 0.1) is 0 Å². The van der Waals surface area contributed by atoms with Gasteiger partial charge in [0.1, 0.15) is 6.61 Å². The standard InChI is InChI=1S/C21H24N3O4PS/c1-15-4-9-19(12-16(15)2)20-23-24-21(28-20)30-14-18-7-5-17(6-8-18)13-22-10-3-11-27-29(25)26/h4-9,12,22H,3,10-11,13-14H2,1-2H3/p+1. The van der Waals surface area contributed by atoms with Crippen molar-refractivity contribution < 1.29 is 18.4 Å². The van der Waals surface area contributed by atoms with Gasteiger partial charge in [-0.1, -0.05) is 42.1 Å². The molecular weight excluding hydrogens is 421 g/mol. The Labute approximate surface area is 181 Å². The predicted octanol–water partition coefficient (Wildman–Crippen LogP) is 4.79. The van der Waals surface area contributed by atoms with E-state index in [1.165, 1.54) is 34.0 Å². The van der Waals surface area contributed by atoms with E-state index >= 15 is 0 Å². The summed E-state index contributed by atoms with van der Waals surface area (Å²) in [6.07, 6.45) is 0.685. The highest BCUT2D eigenvalue weighted by molar-refractivity contribution is 7.98. The Balaban J connectivity index is 1.43. The molecule has 2 N–H and O–H groups in total. The van der Waals surface area contributed by atoms with Gasteiger partial charge in [-0.05, 0) is 61.2 Å². The molecule has 1 heterocycles. The van der Waals surface area contributed by atoms with Crippen molar-refractivity contribution in [2.45, 2.75) is 37.8 Å². The third kappa shape index (κ3) is 7.00.